The second-order valence-corrected chi connectivity index (χ2v) is 8.28. The van der Waals surface area contributed by atoms with Crippen LogP contribution in [0.1, 0.15) is 49.0 Å². The van der Waals surface area contributed by atoms with Crippen molar-refractivity contribution in [1.29, 1.82) is 0 Å². The number of carboxylic acid groups (broad SMARTS) is 1. The molecule has 1 heterocycles. The average molecular weight is 372 g/mol. The number of likely N-dealkylation sites (tertiary alicyclic amines) is 1. The number of carbonyl (C=O) groups excluding carboxylic acids is 2. The quantitative estimate of drug-likeness (QED) is 0.862. The van der Waals surface area contributed by atoms with Gasteiger partial charge in [0.1, 0.15) is 0 Å². The molecule has 1 aliphatic carbocycles. The van der Waals surface area contributed by atoms with Crippen LogP contribution >= 0.6 is 0 Å². The van der Waals surface area contributed by atoms with Gasteiger partial charge in [0.2, 0.25) is 5.91 Å². The van der Waals surface area contributed by atoms with Crippen molar-refractivity contribution < 1.29 is 19.5 Å². The number of rotatable bonds is 5. The number of hydrogen-bond donors (Lipinski definition) is 1. The Bertz CT molecular complexity index is 743. The van der Waals surface area contributed by atoms with E-state index in [9.17, 15) is 19.5 Å². The number of benzene rings is 1. The van der Waals surface area contributed by atoms with E-state index in [1.165, 1.54) is 0 Å². The van der Waals surface area contributed by atoms with Crippen LogP contribution in [0.15, 0.2) is 24.3 Å². The van der Waals surface area contributed by atoms with Crippen LogP contribution in [0.3, 0.4) is 0 Å². The maximum Gasteiger partial charge on any atom is 0.311 e. The molecule has 0 spiro atoms. The minimum absolute atomic E-state index is 0.0491. The molecule has 2 aliphatic rings. The van der Waals surface area contributed by atoms with Gasteiger partial charge in [0.25, 0.3) is 5.91 Å². The van der Waals surface area contributed by atoms with Crippen LogP contribution in [0.4, 0.5) is 0 Å². The average Bonchev–Trinajstić information content (AvgIpc) is 3.19. The largest absolute Gasteiger partial charge is 0.481 e. The summed E-state index contributed by atoms with van der Waals surface area (Å²) in [5.74, 6) is -0.782. The van der Waals surface area contributed by atoms with Gasteiger partial charge < -0.3 is 14.9 Å². The molecule has 3 rings (SSSR count). The summed E-state index contributed by atoms with van der Waals surface area (Å²) in [5, 5.41) is 9.68. The summed E-state index contributed by atoms with van der Waals surface area (Å²) in [6.07, 6.45) is 2.47. The van der Waals surface area contributed by atoms with E-state index in [1.807, 2.05) is 26.0 Å². The van der Waals surface area contributed by atoms with E-state index in [-0.39, 0.29) is 23.7 Å². The van der Waals surface area contributed by atoms with Crippen molar-refractivity contribution in [3.8, 4) is 0 Å². The fourth-order valence-electron chi connectivity index (χ4n) is 4.52. The van der Waals surface area contributed by atoms with Crippen molar-refractivity contribution in [1.82, 2.24) is 9.80 Å². The number of carboxylic acids is 1. The number of amides is 2. The second-order valence-electron chi connectivity index (χ2n) is 8.28. The number of nitrogens with zero attached hydrogens (tertiary/aromatic N) is 2. The predicted octanol–water partition coefficient (Wildman–Crippen LogP) is 2.63. The van der Waals surface area contributed by atoms with Crippen LogP contribution in [-0.2, 0) is 16.1 Å². The molecule has 2 amide bonds. The fraction of sp³-hybridized carbons (Fsp3) is 0.571. The SMILES string of the molecule is CC(C)C(=O)N(C)Cc1ccc(C(=O)N2C[C@@H]3CCC[C@@]3(C(=O)O)C2)cc1. The van der Waals surface area contributed by atoms with Gasteiger partial charge in [-0.1, -0.05) is 32.4 Å². The molecule has 0 bridgehead atoms. The molecule has 1 aromatic rings. The first kappa shape index (κ1) is 19.4. The van der Waals surface area contributed by atoms with Crippen molar-refractivity contribution in [3.63, 3.8) is 0 Å². The lowest BCUT2D eigenvalue weighted by Gasteiger charge is -2.23. The first-order valence-corrected chi connectivity index (χ1v) is 9.61. The van der Waals surface area contributed by atoms with E-state index in [2.05, 4.69) is 0 Å². The Morgan fingerprint density at radius 3 is 2.48 bits per heavy atom. The van der Waals surface area contributed by atoms with Crippen LogP contribution in [0.5, 0.6) is 0 Å². The molecule has 27 heavy (non-hydrogen) atoms. The van der Waals surface area contributed by atoms with Crippen molar-refractivity contribution in [2.45, 2.75) is 39.7 Å². The lowest BCUT2D eigenvalue weighted by Crippen LogP contribution is -2.37. The maximum atomic E-state index is 12.8. The fourth-order valence-corrected chi connectivity index (χ4v) is 4.52. The molecule has 1 N–H and O–H groups in total. The smallest absolute Gasteiger partial charge is 0.311 e. The van der Waals surface area contributed by atoms with Crippen molar-refractivity contribution in [2.75, 3.05) is 20.1 Å². The highest BCUT2D eigenvalue weighted by molar-refractivity contribution is 5.95. The summed E-state index contributed by atoms with van der Waals surface area (Å²) in [6.45, 7) is 5.07. The van der Waals surface area contributed by atoms with Gasteiger partial charge in [-0.15, -0.1) is 0 Å². The first-order valence-electron chi connectivity index (χ1n) is 9.61. The molecule has 0 unspecified atom stereocenters. The molecule has 0 radical (unpaired) electrons. The van der Waals surface area contributed by atoms with E-state index in [4.69, 9.17) is 0 Å². The molecule has 1 saturated carbocycles. The third kappa shape index (κ3) is 3.57. The number of hydrogen-bond acceptors (Lipinski definition) is 3. The van der Waals surface area contributed by atoms with Crippen molar-refractivity contribution >= 4 is 17.8 Å². The highest BCUT2D eigenvalue weighted by atomic mass is 16.4. The highest BCUT2D eigenvalue weighted by Crippen LogP contribution is 2.49. The zero-order valence-electron chi connectivity index (χ0n) is 16.3. The van der Waals surface area contributed by atoms with Gasteiger partial charge in [-0.25, -0.2) is 0 Å². The van der Waals surface area contributed by atoms with Gasteiger partial charge in [0.15, 0.2) is 0 Å². The van der Waals surface area contributed by atoms with Crippen LogP contribution in [0, 0.1) is 17.3 Å². The molecular formula is C21H28N2O4. The standard InChI is InChI=1S/C21H28N2O4/c1-14(2)18(24)22(3)11-15-6-8-16(9-7-15)19(25)23-12-17-5-4-10-21(17,13-23)20(26)27/h6-9,14,17H,4-5,10-13H2,1-3H3,(H,26,27)/t17-,21+/m0/s1. The van der Waals surface area contributed by atoms with Crippen LogP contribution < -0.4 is 0 Å². The Morgan fingerprint density at radius 2 is 1.93 bits per heavy atom. The Labute approximate surface area is 160 Å². The molecule has 0 aromatic heterocycles. The zero-order valence-corrected chi connectivity index (χ0v) is 16.3. The Hall–Kier alpha value is -2.37. The van der Waals surface area contributed by atoms with Gasteiger partial charge in [-0.2, -0.15) is 0 Å². The third-order valence-electron chi connectivity index (χ3n) is 6.07. The van der Waals surface area contributed by atoms with Gasteiger partial charge in [-0.05, 0) is 36.5 Å². The summed E-state index contributed by atoms with van der Waals surface area (Å²) in [7, 11) is 1.77. The monoisotopic (exact) mass is 372 g/mol. The predicted molar refractivity (Wildman–Crippen MR) is 101 cm³/mol. The molecular weight excluding hydrogens is 344 g/mol. The van der Waals surface area contributed by atoms with Crippen molar-refractivity contribution in [3.05, 3.63) is 35.4 Å². The van der Waals surface area contributed by atoms with Crippen LogP contribution in [-0.4, -0.2) is 52.8 Å². The summed E-state index contributed by atoms with van der Waals surface area (Å²) in [6, 6.07) is 7.27. The summed E-state index contributed by atoms with van der Waals surface area (Å²) < 4.78 is 0. The minimum atomic E-state index is -0.770. The Morgan fingerprint density at radius 1 is 1.26 bits per heavy atom. The lowest BCUT2D eigenvalue weighted by molar-refractivity contribution is -0.149. The summed E-state index contributed by atoms with van der Waals surface area (Å²) >= 11 is 0. The first-order chi connectivity index (χ1) is 12.7. The Balaban J connectivity index is 1.67. The maximum absolute atomic E-state index is 12.8. The van der Waals surface area contributed by atoms with Crippen LogP contribution in [0.25, 0.3) is 0 Å². The molecule has 1 aliphatic heterocycles. The number of aliphatic carboxylic acids is 1. The molecule has 2 atom stereocenters. The molecule has 1 saturated heterocycles. The van der Waals surface area contributed by atoms with E-state index in [1.54, 1.807) is 29.0 Å². The minimum Gasteiger partial charge on any atom is -0.481 e. The summed E-state index contributed by atoms with van der Waals surface area (Å²) in [4.78, 5) is 40.0. The molecule has 146 valence electrons. The summed E-state index contributed by atoms with van der Waals surface area (Å²) in [5.41, 5.74) is 0.774. The van der Waals surface area contributed by atoms with E-state index >= 15 is 0 Å². The third-order valence-corrected chi connectivity index (χ3v) is 6.07. The van der Waals surface area contributed by atoms with Gasteiger partial charge in [0, 0.05) is 38.2 Å². The van der Waals surface area contributed by atoms with Crippen LogP contribution in [0.2, 0.25) is 0 Å². The van der Waals surface area contributed by atoms with Crippen molar-refractivity contribution in [2.24, 2.45) is 17.3 Å². The van der Waals surface area contributed by atoms with E-state index in [0.29, 0.717) is 31.6 Å². The normalized spacial score (nSPS) is 24.1. The molecule has 2 fully saturated rings. The molecule has 1 aromatic carbocycles. The lowest BCUT2D eigenvalue weighted by atomic mass is 9.81. The Kier molecular flexibility index (Phi) is 5.27. The molecule has 6 heteroatoms. The van der Waals surface area contributed by atoms with Gasteiger partial charge in [-0.3, -0.25) is 14.4 Å². The topological polar surface area (TPSA) is 77.9 Å². The van der Waals surface area contributed by atoms with Gasteiger partial charge >= 0.3 is 5.97 Å². The zero-order chi connectivity index (χ0) is 19.8. The second kappa shape index (κ2) is 7.33. The number of fused-ring (bicyclic) bond motifs is 1. The van der Waals surface area contributed by atoms with Gasteiger partial charge in [0.05, 0.1) is 5.41 Å². The molecule has 6 nitrogen and oxygen atoms in total. The highest BCUT2D eigenvalue weighted by Gasteiger charge is 2.55. The van der Waals surface area contributed by atoms with E-state index < -0.39 is 11.4 Å². The number of carbonyl (C=O) groups is 3. The van der Waals surface area contributed by atoms with E-state index in [0.717, 1.165) is 18.4 Å².